The van der Waals surface area contributed by atoms with E-state index in [9.17, 15) is 18.0 Å². The highest BCUT2D eigenvalue weighted by Crippen LogP contribution is 2.38. The molecule has 0 saturated heterocycles. The number of rotatable bonds is 6. The lowest BCUT2D eigenvalue weighted by Gasteiger charge is -2.29. The molecule has 2 heterocycles. The number of aryl methyl sites for hydroxylation is 1. The molecule has 1 aliphatic heterocycles. The zero-order valence-electron chi connectivity index (χ0n) is 18.3. The first-order valence-electron chi connectivity index (χ1n) is 10.5. The van der Waals surface area contributed by atoms with Crippen LogP contribution in [-0.2, 0) is 10.7 Å². The number of anilines is 2. The number of aliphatic hydroxyl groups excluding tert-OH is 1. The number of aliphatic hydroxyl groups is 1. The van der Waals surface area contributed by atoms with Crippen molar-refractivity contribution < 1.29 is 27.8 Å². The van der Waals surface area contributed by atoms with Crippen molar-refractivity contribution in [3.8, 4) is 5.75 Å². The third-order valence-electron chi connectivity index (χ3n) is 5.59. The Labute approximate surface area is 188 Å². The van der Waals surface area contributed by atoms with E-state index < -0.39 is 30.0 Å². The average molecular weight is 460 g/mol. The van der Waals surface area contributed by atoms with Gasteiger partial charge in [-0.25, -0.2) is 14.4 Å². The molecule has 7 nitrogen and oxygen atoms in total. The Balaban J connectivity index is 1.77. The van der Waals surface area contributed by atoms with Crippen molar-refractivity contribution >= 4 is 28.3 Å². The molecule has 0 spiro atoms. The number of aromatic nitrogens is 2. The van der Waals surface area contributed by atoms with Crippen molar-refractivity contribution in [2.75, 3.05) is 30.0 Å². The van der Waals surface area contributed by atoms with Gasteiger partial charge in [-0.05, 0) is 32.9 Å². The highest BCUT2D eigenvalue weighted by molar-refractivity contribution is 6.02. The minimum atomic E-state index is -3.70. The van der Waals surface area contributed by atoms with E-state index in [-0.39, 0.29) is 18.1 Å². The zero-order valence-corrected chi connectivity index (χ0v) is 18.3. The Bertz CT molecular complexity index is 1240. The zero-order chi connectivity index (χ0) is 23.9. The lowest BCUT2D eigenvalue weighted by molar-refractivity contribution is -0.121. The van der Waals surface area contributed by atoms with Crippen LogP contribution in [0.15, 0.2) is 30.3 Å². The summed E-state index contributed by atoms with van der Waals surface area (Å²) in [7, 11) is 0. The van der Waals surface area contributed by atoms with Crippen LogP contribution in [0.5, 0.6) is 5.75 Å². The molecule has 4 rings (SSSR count). The summed E-state index contributed by atoms with van der Waals surface area (Å²) >= 11 is 0. The predicted octanol–water partition coefficient (Wildman–Crippen LogP) is 4.08. The number of halogens is 3. The molecule has 1 atom stereocenters. The first kappa shape index (κ1) is 22.8. The fraction of sp³-hybridized carbons (Fsp3) is 0.348. The van der Waals surface area contributed by atoms with Crippen molar-refractivity contribution in [2.45, 2.75) is 32.7 Å². The Kier molecular flexibility index (Phi) is 5.87. The van der Waals surface area contributed by atoms with Crippen LogP contribution >= 0.6 is 0 Å². The Morgan fingerprint density at radius 2 is 2.06 bits per heavy atom. The minimum Gasteiger partial charge on any atom is -0.481 e. The number of amides is 1. The van der Waals surface area contributed by atoms with E-state index in [1.54, 1.807) is 30.9 Å². The van der Waals surface area contributed by atoms with Crippen LogP contribution in [0.25, 0.3) is 10.9 Å². The van der Waals surface area contributed by atoms with Gasteiger partial charge >= 0.3 is 0 Å². The van der Waals surface area contributed by atoms with Gasteiger partial charge < -0.3 is 20.1 Å². The van der Waals surface area contributed by atoms with E-state index >= 15 is 0 Å². The monoisotopic (exact) mass is 460 g/mol. The number of carbonyl (C=O) groups excluding carboxylic acids is 1. The summed E-state index contributed by atoms with van der Waals surface area (Å²) in [6.07, 6.45) is 0. The largest absolute Gasteiger partial charge is 0.481 e. The number of hydrogen-bond acceptors (Lipinski definition) is 6. The van der Waals surface area contributed by atoms with Gasteiger partial charge in [-0.1, -0.05) is 12.1 Å². The number of benzene rings is 2. The molecule has 2 aromatic carbocycles. The standard InChI is InChI=1S/C23H23F3N4O3/c1-4-30-18-8-15-17(9-19(18)33-10-20(30)32)28-13(3)29-22(15)27-12(2)14-6-5-7-16(21(14)24)23(25,26)11-31/h5-9,12,31H,4,10-11H2,1-3H3,(H,27,28,29)/t12-/m1/s1. The van der Waals surface area contributed by atoms with E-state index in [1.807, 2.05) is 6.92 Å². The van der Waals surface area contributed by atoms with Gasteiger partial charge in [0.2, 0.25) is 0 Å². The molecule has 1 amide bonds. The summed E-state index contributed by atoms with van der Waals surface area (Å²) in [5, 5.41) is 12.6. The Hall–Kier alpha value is -3.40. The number of likely N-dealkylation sites (N-methyl/N-ethyl adjacent to an activating group) is 1. The SMILES string of the molecule is CCN1C(=O)COc2cc3nc(C)nc(N[C@H](C)c4cccc(C(F)(F)CO)c4F)c3cc21. The third-order valence-corrected chi connectivity index (χ3v) is 5.59. The number of hydrogen-bond donors (Lipinski definition) is 2. The highest BCUT2D eigenvalue weighted by atomic mass is 19.3. The van der Waals surface area contributed by atoms with Crippen molar-refractivity contribution in [1.29, 1.82) is 0 Å². The van der Waals surface area contributed by atoms with Crippen molar-refractivity contribution in [2.24, 2.45) is 0 Å². The molecule has 0 saturated carbocycles. The maximum Gasteiger partial charge on any atom is 0.298 e. The van der Waals surface area contributed by atoms with E-state index in [1.165, 1.54) is 12.1 Å². The van der Waals surface area contributed by atoms with Crippen LogP contribution in [0, 0.1) is 12.7 Å². The van der Waals surface area contributed by atoms with Gasteiger partial charge in [0.1, 0.15) is 29.8 Å². The molecule has 0 aliphatic carbocycles. The van der Waals surface area contributed by atoms with Gasteiger partial charge in [-0.15, -0.1) is 0 Å². The fourth-order valence-electron chi connectivity index (χ4n) is 3.93. The highest BCUT2D eigenvalue weighted by Gasteiger charge is 2.35. The topological polar surface area (TPSA) is 87.6 Å². The lowest BCUT2D eigenvalue weighted by atomic mass is 10.00. The second-order valence-electron chi connectivity index (χ2n) is 7.82. The van der Waals surface area contributed by atoms with Gasteiger partial charge in [0, 0.05) is 23.6 Å². The molecule has 0 fully saturated rings. The molecular formula is C23H23F3N4O3. The second kappa shape index (κ2) is 8.51. The lowest BCUT2D eigenvalue weighted by Crippen LogP contribution is -2.38. The second-order valence-corrected chi connectivity index (χ2v) is 7.82. The number of nitrogens with one attached hydrogen (secondary N) is 1. The molecule has 3 aromatic rings. The molecule has 10 heteroatoms. The smallest absolute Gasteiger partial charge is 0.298 e. The van der Waals surface area contributed by atoms with Gasteiger partial charge in [-0.3, -0.25) is 4.79 Å². The molecule has 174 valence electrons. The third kappa shape index (κ3) is 4.06. The summed E-state index contributed by atoms with van der Waals surface area (Å²) < 4.78 is 48.4. The molecule has 1 aliphatic rings. The van der Waals surface area contributed by atoms with Crippen LogP contribution in [0.3, 0.4) is 0 Å². The number of fused-ring (bicyclic) bond motifs is 2. The summed E-state index contributed by atoms with van der Waals surface area (Å²) in [6.45, 7) is 4.05. The van der Waals surface area contributed by atoms with Gasteiger partial charge in [0.15, 0.2) is 6.61 Å². The molecular weight excluding hydrogens is 437 g/mol. The number of ether oxygens (including phenoxy) is 1. The number of carbonyl (C=O) groups is 1. The summed E-state index contributed by atoms with van der Waals surface area (Å²) in [6, 6.07) is 6.37. The van der Waals surface area contributed by atoms with Crippen LogP contribution in [-0.4, -0.2) is 40.7 Å². The first-order valence-corrected chi connectivity index (χ1v) is 10.5. The van der Waals surface area contributed by atoms with Crippen LogP contribution in [0.4, 0.5) is 24.7 Å². The minimum absolute atomic E-state index is 0.00306. The van der Waals surface area contributed by atoms with Gasteiger partial charge in [0.25, 0.3) is 11.8 Å². The normalized spacial score (nSPS) is 14.8. The van der Waals surface area contributed by atoms with E-state index in [0.717, 1.165) is 6.07 Å². The summed E-state index contributed by atoms with van der Waals surface area (Å²) in [5.41, 5.74) is 0.252. The maximum atomic E-state index is 14.9. The quantitative estimate of drug-likeness (QED) is 0.577. The fourth-order valence-corrected chi connectivity index (χ4v) is 3.93. The van der Waals surface area contributed by atoms with Crippen molar-refractivity contribution in [3.63, 3.8) is 0 Å². The molecule has 1 aromatic heterocycles. The predicted molar refractivity (Wildman–Crippen MR) is 117 cm³/mol. The van der Waals surface area contributed by atoms with E-state index in [0.29, 0.717) is 40.5 Å². The molecule has 2 N–H and O–H groups in total. The number of alkyl halides is 2. The van der Waals surface area contributed by atoms with E-state index in [2.05, 4.69) is 15.3 Å². The molecule has 0 unspecified atom stereocenters. The van der Waals surface area contributed by atoms with Crippen molar-refractivity contribution in [1.82, 2.24) is 9.97 Å². The molecule has 0 bridgehead atoms. The van der Waals surface area contributed by atoms with Gasteiger partial charge in [-0.2, -0.15) is 8.78 Å². The maximum absolute atomic E-state index is 14.9. The summed E-state index contributed by atoms with van der Waals surface area (Å²) in [4.78, 5) is 22.7. The van der Waals surface area contributed by atoms with Crippen molar-refractivity contribution in [3.05, 3.63) is 53.1 Å². The summed E-state index contributed by atoms with van der Waals surface area (Å²) in [5.74, 6) is -3.65. The Morgan fingerprint density at radius 3 is 2.76 bits per heavy atom. The molecule has 33 heavy (non-hydrogen) atoms. The van der Waals surface area contributed by atoms with Gasteiger partial charge in [0.05, 0.1) is 22.8 Å². The first-order chi connectivity index (χ1) is 15.7. The van der Waals surface area contributed by atoms with Crippen LogP contribution < -0.4 is 15.0 Å². The van der Waals surface area contributed by atoms with Crippen LogP contribution in [0.2, 0.25) is 0 Å². The van der Waals surface area contributed by atoms with Crippen LogP contribution in [0.1, 0.15) is 36.8 Å². The Morgan fingerprint density at radius 1 is 1.30 bits per heavy atom. The average Bonchev–Trinajstić information content (AvgIpc) is 2.78. The number of nitrogens with zero attached hydrogens (tertiary/aromatic N) is 3. The van der Waals surface area contributed by atoms with E-state index in [4.69, 9.17) is 9.84 Å². The molecule has 0 radical (unpaired) electrons.